The van der Waals surface area contributed by atoms with E-state index in [9.17, 15) is 0 Å². The molecule has 3 heteroatoms. The number of aromatic nitrogens is 1. The van der Waals surface area contributed by atoms with Gasteiger partial charge in [0.2, 0.25) is 0 Å². The van der Waals surface area contributed by atoms with E-state index < -0.39 is 0 Å². The highest BCUT2D eigenvalue weighted by molar-refractivity contribution is 7.11. The lowest BCUT2D eigenvalue weighted by molar-refractivity contribution is 0.318. The van der Waals surface area contributed by atoms with Crippen LogP contribution in [0.25, 0.3) is 0 Å². The van der Waals surface area contributed by atoms with Crippen molar-refractivity contribution in [3.05, 3.63) is 15.6 Å². The Balaban J connectivity index is 2.00. The van der Waals surface area contributed by atoms with Gasteiger partial charge in [-0.2, -0.15) is 0 Å². The first kappa shape index (κ1) is 16.0. The molecule has 0 saturated heterocycles. The van der Waals surface area contributed by atoms with Crippen molar-refractivity contribution in [3.63, 3.8) is 0 Å². The SMILES string of the molecule is CCCNC(C)c1sc(C2CCC(CC)CC2)nc1C. The Hall–Kier alpha value is -0.410. The normalized spacial score (nSPS) is 24.8. The zero-order chi connectivity index (χ0) is 14.5. The molecule has 1 unspecified atom stereocenters. The summed E-state index contributed by atoms with van der Waals surface area (Å²) in [7, 11) is 0. The van der Waals surface area contributed by atoms with Crippen molar-refractivity contribution in [3.8, 4) is 0 Å². The third-order valence-electron chi connectivity index (χ3n) is 4.72. The first-order valence-corrected chi connectivity index (χ1v) is 9.17. The minimum absolute atomic E-state index is 0.452. The minimum Gasteiger partial charge on any atom is -0.309 e. The predicted octanol–water partition coefficient (Wildman–Crippen LogP) is 5.20. The molecule has 20 heavy (non-hydrogen) atoms. The van der Waals surface area contributed by atoms with Crippen LogP contribution in [0, 0.1) is 12.8 Å². The minimum atomic E-state index is 0.452. The fourth-order valence-electron chi connectivity index (χ4n) is 3.28. The lowest BCUT2D eigenvalue weighted by Crippen LogP contribution is -2.18. The second-order valence-electron chi connectivity index (χ2n) is 6.30. The molecule has 0 amide bonds. The highest BCUT2D eigenvalue weighted by Crippen LogP contribution is 2.40. The summed E-state index contributed by atoms with van der Waals surface area (Å²) in [5.74, 6) is 1.70. The Morgan fingerprint density at radius 1 is 1.25 bits per heavy atom. The van der Waals surface area contributed by atoms with E-state index in [1.54, 1.807) is 0 Å². The molecule has 0 aliphatic heterocycles. The van der Waals surface area contributed by atoms with Crippen LogP contribution in [0.5, 0.6) is 0 Å². The first-order valence-electron chi connectivity index (χ1n) is 8.36. The van der Waals surface area contributed by atoms with E-state index in [1.807, 2.05) is 11.3 Å². The first-order chi connectivity index (χ1) is 9.65. The van der Waals surface area contributed by atoms with Crippen LogP contribution in [0.1, 0.15) is 86.8 Å². The fraction of sp³-hybridized carbons (Fsp3) is 0.824. The second kappa shape index (κ2) is 7.56. The lowest BCUT2D eigenvalue weighted by atomic mass is 9.81. The fourth-order valence-corrected chi connectivity index (χ4v) is 4.54. The average Bonchev–Trinajstić information content (AvgIpc) is 2.87. The summed E-state index contributed by atoms with van der Waals surface area (Å²) in [5.41, 5.74) is 1.25. The van der Waals surface area contributed by atoms with Crippen LogP contribution in [0.3, 0.4) is 0 Å². The van der Waals surface area contributed by atoms with Crippen molar-refractivity contribution < 1.29 is 0 Å². The van der Waals surface area contributed by atoms with E-state index in [1.165, 1.54) is 54.1 Å². The summed E-state index contributed by atoms with van der Waals surface area (Å²) in [6.45, 7) is 10.1. The van der Waals surface area contributed by atoms with Gasteiger partial charge in [-0.3, -0.25) is 0 Å². The standard InChI is InChI=1S/C17H30N2S/c1-5-11-18-12(3)16-13(4)19-17(20-16)15-9-7-14(6-2)8-10-15/h12,14-15,18H,5-11H2,1-4H3. The Morgan fingerprint density at radius 2 is 1.95 bits per heavy atom. The van der Waals surface area contributed by atoms with Crippen LogP contribution in [0.4, 0.5) is 0 Å². The van der Waals surface area contributed by atoms with Crippen LogP contribution in [-0.4, -0.2) is 11.5 Å². The van der Waals surface area contributed by atoms with Crippen molar-refractivity contribution in [2.24, 2.45) is 5.92 Å². The number of thiazole rings is 1. The molecule has 1 aliphatic carbocycles. The van der Waals surface area contributed by atoms with E-state index in [0.29, 0.717) is 6.04 Å². The van der Waals surface area contributed by atoms with Crippen molar-refractivity contribution in [1.29, 1.82) is 0 Å². The largest absolute Gasteiger partial charge is 0.309 e. The summed E-state index contributed by atoms with van der Waals surface area (Å²) in [4.78, 5) is 6.34. The van der Waals surface area contributed by atoms with Crippen LogP contribution in [0.2, 0.25) is 0 Å². The summed E-state index contributed by atoms with van der Waals surface area (Å²) < 4.78 is 0. The zero-order valence-electron chi connectivity index (χ0n) is 13.5. The summed E-state index contributed by atoms with van der Waals surface area (Å²) in [5, 5.41) is 4.99. The molecular formula is C17H30N2S. The van der Waals surface area contributed by atoms with Crippen molar-refractivity contribution in [2.75, 3.05) is 6.54 Å². The van der Waals surface area contributed by atoms with Crippen molar-refractivity contribution in [1.82, 2.24) is 10.3 Å². The maximum Gasteiger partial charge on any atom is 0.0962 e. The van der Waals surface area contributed by atoms with Crippen LogP contribution in [0.15, 0.2) is 0 Å². The van der Waals surface area contributed by atoms with Crippen LogP contribution >= 0.6 is 11.3 Å². The van der Waals surface area contributed by atoms with Gasteiger partial charge in [-0.25, -0.2) is 4.98 Å². The molecule has 0 radical (unpaired) electrons. The molecule has 1 fully saturated rings. The van der Waals surface area contributed by atoms with E-state index in [4.69, 9.17) is 4.98 Å². The molecule has 1 N–H and O–H groups in total. The molecule has 1 atom stereocenters. The third-order valence-corrected chi connectivity index (χ3v) is 6.22. The predicted molar refractivity (Wildman–Crippen MR) is 88.5 cm³/mol. The van der Waals surface area contributed by atoms with Gasteiger partial charge >= 0.3 is 0 Å². The van der Waals surface area contributed by atoms with Gasteiger partial charge in [-0.1, -0.05) is 20.3 Å². The molecule has 0 aromatic carbocycles. The van der Waals surface area contributed by atoms with Gasteiger partial charge in [0.1, 0.15) is 0 Å². The summed E-state index contributed by atoms with van der Waals surface area (Å²) in [6, 6.07) is 0.452. The molecule has 1 aromatic rings. The molecule has 1 saturated carbocycles. The maximum atomic E-state index is 4.89. The topological polar surface area (TPSA) is 24.9 Å². The molecule has 1 aliphatic rings. The van der Waals surface area contributed by atoms with Gasteiger partial charge in [-0.15, -0.1) is 11.3 Å². The Morgan fingerprint density at radius 3 is 2.55 bits per heavy atom. The van der Waals surface area contributed by atoms with Crippen molar-refractivity contribution in [2.45, 2.75) is 78.2 Å². The number of hydrogen-bond donors (Lipinski definition) is 1. The maximum absolute atomic E-state index is 4.89. The second-order valence-corrected chi connectivity index (χ2v) is 7.37. The number of aryl methyl sites for hydroxylation is 1. The lowest BCUT2D eigenvalue weighted by Gasteiger charge is -2.26. The van der Waals surface area contributed by atoms with E-state index in [2.05, 4.69) is 33.0 Å². The number of rotatable bonds is 6. The average molecular weight is 295 g/mol. The molecule has 114 valence electrons. The molecule has 1 heterocycles. The number of hydrogen-bond acceptors (Lipinski definition) is 3. The molecule has 0 bridgehead atoms. The summed E-state index contributed by atoms with van der Waals surface area (Å²) in [6.07, 6.45) is 8.05. The number of nitrogens with zero attached hydrogens (tertiary/aromatic N) is 1. The smallest absolute Gasteiger partial charge is 0.0962 e. The van der Waals surface area contributed by atoms with Gasteiger partial charge < -0.3 is 5.32 Å². The highest BCUT2D eigenvalue weighted by Gasteiger charge is 2.25. The molecule has 2 rings (SSSR count). The number of nitrogens with one attached hydrogen (secondary N) is 1. The van der Waals surface area contributed by atoms with Crippen LogP contribution in [-0.2, 0) is 0 Å². The molecule has 0 spiro atoms. The summed E-state index contributed by atoms with van der Waals surface area (Å²) >= 11 is 1.96. The molecular weight excluding hydrogens is 264 g/mol. The monoisotopic (exact) mass is 294 g/mol. The Kier molecular flexibility index (Phi) is 6.03. The van der Waals surface area contributed by atoms with E-state index >= 15 is 0 Å². The van der Waals surface area contributed by atoms with Gasteiger partial charge in [-0.05, 0) is 58.4 Å². The Labute approximate surface area is 128 Å². The van der Waals surface area contributed by atoms with Gasteiger partial charge in [0.25, 0.3) is 0 Å². The van der Waals surface area contributed by atoms with Gasteiger partial charge in [0, 0.05) is 16.8 Å². The van der Waals surface area contributed by atoms with Gasteiger partial charge in [0.15, 0.2) is 0 Å². The quantitative estimate of drug-likeness (QED) is 0.780. The van der Waals surface area contributed by atoms with Crippen molar-refractivity contribution >= 4 is 11.3 Å². The molecule has 2 nitrogen and oxygen atoms in total. The highest BCUT2D eigenvalue weighted by atomic mass is 32.1. The van der Waals surface area contributed by atoms with Gasteiger partial charge in [0.05, 0.1) is 10.7 Å². The zero-order valence-corrected chi connectivity index (χ0v) is 14.4. The van der Waals surface area contributed by atoms with E-state index in [0.717, 1.165) is 18.4 Å². The Bertz CT molecular complexity index is 405. The molecule has 1 aromatic heterocycles. The van der Waals surface area contributed by atoms with E-state index in [-0.39, 0.29) is 0 Å². The third kappa shape index (κ3) is 3.82. The van der Waals surface area contributed by atoms with Crippen LogP contribution < -0.4 is 5.32 Å².